The zero-order valence-corrected chi connectivity index (χ0v) is 12.4. The van der Waals surface area contributed by atoms with Gasteiger partial charge in [-0.2, -0.15) is 18.4 Å². The molecule has 0 bridgehead atoms. The van der Waals surface area contributed by atoms with E-state index in [4.69, 9.17) is 5.26 Å². The molecule has 1 N–H and O–H groups in total. The van der Waals surface area contributed by atoms with E-state index in [1.54, 1.807) is 0 Å². The molecule has 1 rings (SSSR count). The molecule has 2 atom stereocenters. The van der Waals surface area contributed by atoms with Crippen LogP contribution in [-0.2, 0) is 0 Å². The van der Waals surface area contributed by atoms with Gasteiger partial charge in [0, 0.05) is 32.1 Å². The summed E-state index contributed by atoms with van der Waals surface area (Å²) in [6.45, 7) is 8.23. The van der Waals surface area contributed by atoms with Crippen molar-refractivity contribution >= 4 is 0 Å². The van der Waals surface area contributed by atoms with Crippen LogP contribution in [0.2, 0.25) is 0 Å². The van der Waals surface area contributed by atoms with Crippen LogP contribution < -0.4 is 5.32 Å². The van der Waals surface area contributed by atoms with Crippen LogP contribution in [0, 0.1) is 22.7 Å². The van der Waals surface area contributed by atoms with Gasteiger partial charge in [-0.15, -0.1) is 0 Å². The predicted molar refractivity (Wildman–Crippen MR) is 72.1 cm³/mol. The normalized spacial score (nSPS) is 25.4. The Kier molecular flexibility index (Phi) is 5.84. The van der Waals surface area contributed by atoms with Crippen LogP contribution in [0.5, 0.6) is 0 Å². The minimum Gasteiger partial charge on any atom is -0.312 e. The Labute approximate surface area is 119 Å². The molecule has 1 aliphatic heterocycles. The Hall–Kier alpha value is -0.800. The van der Waals surface area contributed by atoms with E-state index in [1.165, 1.54) is 0 Å². The molecular formula is C14H24F3N3. The summed E-state index contributed by atoms with van der Waals surface area (Å²) in [5.74, 6) is -0.422. The van der Waals surface area contributed by atoms with Crippen molar-refractivity contribution in [3.63, 3.8) is 0 Å². The Bertz CT molecular complexity index is 341. The largest absolute Gasteiger partial charge is 0.389 e. The predicted octanol–water partition coefficient (Wildman–Crippen LogP) is 2.79. The van der Waals surface area contributed by atoms with E-state index in [9.17, 15) is 13.2 Å². The number of piperidine rings is 1. The van der Waals surface area contributed by atoms with Gasteiger partial charge in [-0.05, 0) is 17.8 Å². The number of hydrogen-bond donors (Lipinski definition) is 1. The topological polar surface area (TPSA) is 39.1 Å². The molecule has 0 saturated carbocycles. The first-order valence-corrected chi connectivity index (χ1v) is 6.98. The molecule has 0 amide bonds. The van der Waals surface area contributed by atoms with Gasteiger partial charge in [-0.3, -0.25) is 4.90 Å². The van der Waals surface area contributed by atoms with Crippen molar-refractivity contribution in [2.45, 2.75) is 45.8 Å². The molecule has 0 aliphatic carbocycles. The maximum absolute atomic E-state index is 12.6. The fourth-order valence-corrected chi connectivity index (χ4v) is 2.61. The van der Waals surface area contributed by atoms with Crippen molar-refractivity contribution in [3.8, 4) is 6.07 Å². The van der Waals surface area contributed by atoms with E-state index in [2.05, 4.69) is 26.1 Å². The Balaban J connectivity index is 2.59. The van der Waals surface area contributed by atoms with E-state index in [0.717, 1.165) is 6.54 Å². The van der Waals surface area contributed by atoms with Crippen molar-refractivity contribution in [3.05, 3.63) is 0 Å². The summed E-state index contributed by atoms with van der Waals surface area (Å²) < 4.78 is 37.7. The Morgan fingerprint density at radius 1 is 1.25 bits per heavy atom. The molecule has 3 nitrogen and oxygen atoms in total. The fourth-order valence-electron chi connectivity index (χ4n) is 2.61. The molecule has 1 heterocycles. The van der Waals surface area contributed by atoms with Gasteiger partial charge in [0.1, 0.15) is 0 Å². The van der Waals surface area contributed by atoms with E-state index >= 15 is 0 Å². The number of nitrogens with one attached hydrogen (secondary N) is 1. The molecule has 6 heteroatoms. The van der Waals surface area contributed by atoms with Crippen molar-refractivity contribution in [1.29, 1.82) is 5.26 Å². The lowest BCUT2D eigenvalue weighted by atomic mass is 9.90. The summed E-state index contributed by atoms with van der Waals surface area (Å²) in [5, 5.41) is 12.1. The molecule has 1 fully saturated rings. The lowest BCUT2D eigenvalue weighted by Gasteiger charge is -2.38. The summed E-state index contributed by atoms with van der Waals surface area (Å²) in [6.07, 6.45) is -4.37. The third-order valence-electron chi connectivity index (χ3n) is 3.35. The number of nitriles is 1. The highest BCUT2D eigenvalue weighted by atomic mass is 19.4. The molecule has 0 radical (unpaired) electrons. The summed E-state index contributed by atoms with van der Waals surface area (Å²) >= 11 is 0. The third kappa shape index (κ3) is 7.11. The van der Waals surface area contributed by atoms with Gasteiger partial charge in [-0.1, -0.05) is 20.8 Å². The molecule has 0 spiro atoms. The number of hydrogen-bond acceptors (Lipinski definition) is 3. The molecule has 1 aliphatic rings. The molecule has 0 aromatic carbocycles. The lowest BCUT2D eigenvalue weighted by Crippen LogP contribution is -2.51. The first kappa shape index (κ1) is 17.3. The van der Waals surface area contributed by atoms with Gasteiger partial charge in [-0.25, -0.2) is 0 Å². The van der Waals surface area contributed by atoms with Crippen LogP contribution >= 0.6 is 0 Å². The highest BCUT2D eigenvalue weighted by Gasteiger charge is 2.36. The number of rotatable bonds is 4. The van der Waals surface area contributed by atoms with Crippen molar-refractivity contribution < 1.29 is 13.2 Å². The molecule has 0 aromatic rings. The second-order valence-electron chi connectivity index (χ2n) is 6.91. The highest BCUT2D eigenvalue weighted by Crippen LogP contribution is 2.30. The Morgan fingerprint density at radius 2 is 1.90 bits per heavy atom. The maximum atomic E-state index is 12.6. The number of nitrogens with zero attached hydrogens (tertiary/aromatic N) is 2. The van der Waals surface area contributed by atoms with Crippen LogP contribution in [0.1, 0.15) is 33.6 Å². The first-order valence-electron chi connectivity index (χ1n) is 6.98. The second-order valence-corrected chi connectivity index (χ2v) is 6.91. The second kappa shape index (κ2) is 6.77. The molecule has 0 aromatic heterocycles. The van der Waals surface area contributed by atoms with Crippen LogP contribution in [0.4, 0.5) is 13.2 Å². The quantitative estimate of drug-likeness (QED) is 0.810. The average molecular weight is 291 g/mol. The van der Waals surface area contributed by atoms with Crippen LogP contribution in [0.15, 0.2) is 0 Å². The fraction of sp³-hybridized carbons (Fsp3) is 0.929. The summed E-state index contributed by atoms with van der Waals surface area (Å²) in [7, 11) is 0. The van der Waals surface area contributed by atoms with Gasteiger partial charge in [0.15, 0.2) is 0 Å². The van der Waals surface area contributed by atoms with Gasteiger partial charge in [0.05, 0.1) is 12.6 Å². The lowest BCUT2D eigenvalue weighted by molar-refractivity contribution is -0.148. The third-order valence-corrected chi connectivity index (χ3v) is 3.35. The average Bonchev–Trinajstić information content (AvgIpc) is 2.23. The van der Waals surface area contributed by atoms with Crippen molar-refractivity contribution in [2.24, 2.45) is 11.3 Å². The molecule has 1 saturated heterocycles. The van der Waals surface area contributed by atoms with Crippen LogP contribution in [-0.4, -0.2) is 43.3 Å². The SMILES string of the molecule is CC(C)(C)CNC1CC(CC(F)(F)F)CN(CC#N)C1. The van der Waals surface area contributed by atoms with E-state index < -0.39 is 18.5 Å². The zero-order valence-electron chi connectivity index (χ0n) is 12.4. The highest BCUT2D eigenvalue weighted by molar-refractivity contribution is 4.89. The smallest absolute Gasteiger partial charge is 0.312 e. The maximum Gasteiger partial charge on any atom is 0.389 e. The van der Waals surface area contributed by atoms with Crippen LogP contribution in [0.3, 0.4) is 0 Å². The van der Waals surface area contributed by atoms with E-state index in [0.29, 0.717) is 19.5 Å². The molecule has 20 heavy (non-hydrogen) atoms. The number of halogens is 3. The summed E-state index contributed by atoms with van der Waals surface area (Å²) in [5.41, 5.74) is 0.0943. The minimum atomic E-state index is -4.13. The van der Waals surface area contributed by atoms with Gasteiger partial charge < -0.3 is 5.32 Å². The molecular weight excluding hydrogens is 267 g/mol. The first-order chi connectivity index (χ1) is 9.09. The summed E-state index contributed by atoms with van der Waals surface area (Å²) in [4.78, 5) is 1.82. The summed E-state index contributed by atoms with van der Waals surface area (Å²) in [6, 6.07) is 2.06. The van der Waals surface area contributed by atoms with E-state index in [-0.39, 0.29) is 18.0 Å². The van der Waals surface area contributed by atoms with E-state index in [1.807, 2.05) is 11.0 Å². The number of alkyl halides is 3. The number of likely N-dealkylation sites (tertiary alicyclic amines) is 1. The van der Waals surface area contributed by atoms with Crippen molar-refractivity contribution in [2.75, 3.05) is 26.2 Å². The molecule has 2 unspecified atom stereocenters. The zero-order chi connectivity index (χ0) is 15.4. The monoisotopic (exact) mass is 291 g/mol. The van der Waals surface area contributed by atoms with Crippen LogP contribution in [0.25, 0.3) is 0 Å². The van der Waals surface area contributed by atoms with Gasteiger partial charge in [0.2, 0.25) is 0 Å². The van der Waals surface area contributed by atoms with Gasteiger partial charge >= 0.3 is 6.18 Å². The standard InChI is InChI=1S/C14H24F3N3/c1-13(2,3)10-19-12-6-11(7-14(15,16)17)8-20(9-12)5-4-18/h11-12,19H,5-10H2,1-3H3. The van der Waals surface area contributed by atoms with Crippen molar-refractivity contribution in [1.82, 2.24) is 10.2 Å². The van der Waals surface area contributed by atoms with Gasteiger partial charge in [0.25, 0.3) is 0 Å². The molecule has 116 valence electrons. The minimum absolute atomic E-state index is 0.0312. The Morgan fingerprint density at radius 3 is 2.40 bits per heavy atom.